The van der Waals surface area contributed by atoms with Gasteiger partial charge in [-0.2, -0.15) is 0 Å². The maximum Gasteiger partial charge on any atom is 0.379 e. The zero-order chi connectivity index (χ0) is 15.7. The molecule has 1 aliphatic rings. The molecule has 0 spiro atoms. The lowest BCUT2D eigenvalue weighted by Crippen LogP contribution is -2.20. The van der Waals surface area contributed by atoms with E-state index in [4.69, 9.17) is 0 Å². The molecule has 0 aliphatic heterocycles. The highest BCUT2D eigenvalue weighted by Crippen LogP contribution is 2.49. The molecule has 1 aliphatic carbocycles. The minimum atomic E-state index is -3.06. The van der Waals surface area contributed by atoms with Crippen LogP contribution in [-0.2, 0) is 24.8 Å². The van der Waals surface area contributed by atoms with Gasteiger partial charge in [-0.05, 0) is 25.3 Å². The van der Waals surface area contributed by atoms with Crippen molar-refractivity contribution in [3.8, 4) is 0 Å². The maximum absolute atomic E-state index is 11.8. The fourth-order valence-electron chi connectivity index (χ4n) is 2.46. The Kier molecular flexibility index (Phi) is 4.18. The highest BCUT2D eigenvalue weighted by molar-refractivity contribution is 7.90. The number of esters is 1. The van der Waals surface area contributed by atoms with Crippen LogP contribution in [0.2, 0.25) is 0 Å². The molecule has 0 radical (unpaired) electrons. The number of hydrogen-bond acceptors (Lipinski definition) is 5. The van der Waals surface area contributed by atoms with Crippen molar-refractivity contribution in [2.24, 2.45) is 0 Å². The highest BCUT2D eigenvalue weighted by Gasteiger charge is 2.46. The Morgan fingerprint density at radius 2 is 1.76 bits per heavy atom. The standard InChI is InChI=1S/C15H18O5S/c1-3-20-14(17)13(16)11-4-6-12(7-5-11)15(8-9-15)10-21(2,18)19/h4-7H,3,8-10H2,1-2H3. The number of sulfone groups is 1. The minimum absolute atomic E-state index is 0.116. The summed E-state index contributed by atoms with van der Waals surface area (Å²) in [5.74, 6) is -1.44. The summed E-state index contributed by atoms with van der Waals surface area (Å²) in [5.41, 5.74) is 0.833. The third kappa shape index (κ3) is 3.69. The predicted molar refractivity (Wildman–Crippen MR) is 78.0 cm³/mol. The molecule has 0 atom stereocenters. The number of Topliss-reactive ketones (excluding diaryl/α,β-unsaturated/α-hetero) is 1. The fourth-order valence-corrected chi connectivity index (χ4v) is 3.92. The lowest BCUT2D eigenvalue weighted by molar-refractivity contribution is -0.137. The molecule has 114 valence electrons. The van der Waals surface area contributed by atoms with Gasteiger partial charge >= 0.3 is 5.97 Å². The van der Waals surface area contributed by atoms with E-state index in [0.29, 0.717) is 0 Å². The number of ether oxygens (including phenoxy) is 1. The predicted octanol–water partition coefficient (Wildman–Crippen LogP) is 1.51. The van der Waals surface area contributed by atoms with Crippen molar-refractivity contribution in [1.82, 2.24) is 0 Å². The summed E-state index contributed by atoms with van der Waals surface area (Å²) < 4.78 is 27.6. The van der Waals surface area contributed by atoms with Gasteiger partial charge in [0, 0.05) is 17.2 Å². The molecule has 1 aromatic rings. The normalized spacial score (nSPS) is 16.3. The van der Waals surface area contributed by atoms with E-state index < -0.39 is 21.6 Å². The Bertz CT molecular complexity index is 654. The first kappa shape index (κ1) is 15.7. The van der Waals surface area contributed by atoms with Gasteiger partial charge in [0.25, 0.3) is 5.78 Å². The minimum Gasteiger partial charge on any atom is -0.460 e. The molecule has 0 saturated heterocycles. The van der Waals surface area contributed by atoms with Crippen LogP contribution in [0.25, 0.3) is 0 Å². The molecule has 0 unspecified atom stereocenters. The molecule has 6 heteroatoms. The van der Waals surface area contributed by atoms with Gasteiger partial charge in [0.05, 0.1) is 12.4 Å². The van der Waals surface area contributed by atoms with Crippen LogP contribution < -0.4 is 0 Å². The summed E-state index contributed by atoms with van der Waals surface area (Å²) in [4.78, 5) is 23.1. The van der Waals surface area contributed by atoms with E-state index in [0.717, 1.165) is 18.4 Å². The van der Waals surface area contributed by atoms with Crippen LogP contribution in [0.4, 0.5) is 0 Å². The molecule has 1 saturated carbocycles. The Morgan fingerprint density at radius 1 is 1.19 bits per heavy atom. The average Bonchev–Trinajstić information content (AvgIpc) is 3.17. The van der Waals surface area contributed by atoms with Gasteiger partial charge in [0.1, 0.15) is 9.84 Å². The van der Waals surface area contributed by atoms with Crippen molar-refractivity contribution in [2.45, 2.75) is 25.2 Å². The monoisotopic (exact) mass is 310 g/mol. The number of carbonyl (C=O) groups is 2. The largest absolute Gasteiger partial charge is 0.460 e. The molecule has 5 nitrogen and oxygen atoms in total. The van der Waals surface area contributed by atoms with E-state index in [1.165, 1.54) is 6.26 Å². The van der Waals surface area contributed by atoms with Crippen molar-refractivity contribution in [1.29, 1.82) is 0 Å². The quantitative estimate of drug-likeness (QED) is 0.452. The van der Waals surface area contributed by atoms with Crippen molar-refractivity contribution < 1.29 is 22.7 Å². The zero-order valence-electron chi connectivity index (χ0n) is 12.1. The molecule has 0 aromatic heterocycles. The van der Waals surface area contributed by atoms with Crippen LogP contribution in [0, 0.1) is 0 Å². The van der Waals surface area contributed by atoms with Gasteiger partial charge in [-0.3, -0.25) is 4.79 Å². The van der Waals surface area contributed by atoms with Gasteiger partial charge in [0.2, 0.25) is 0 Å². The lowest BCUT2D eigenvalue weighted by atomic mass is 9.96. The molecule has 1 fully saturated rings. The molecule has 2 rings (SSSR count). The smallest absolute Gasteiger partial charge is 0.379 e. The van der Waals surface area contributed by atoms with E-state index in [-0.39, 0.29) is 23.3 Å². The third-order valence-corrected chi connectivity index (χ3v) is 4.69. The Morgan fingerprint density at radius 3 is 2.19 bits per heavy atom. The Labute approximate surface area is 124 Å². The van der Waals surface area contributed by atoms with Crippen molar-refractivity contribution >= 4 is 21.6 Å². The molecular formula is C15H18O5S. The summed E-state index contributed by atoms with van der Waals surface area (Å²) in [6.07, 6.45) is 2.88. The van der Waals surface area contributed by atoms with Crippen LogP contribution in [0.15, 0.2) is 24.3 Å². The van der Waals surface area contributed by atoms with Crippen LogP contribution in [-0.4, -0.2) is 38.8 Å². The zero-order valence-corrected chi connectivity index (χ0v) is 12.9. The van der Waals surface area contributed by atoms with E-state index in [1.54, 1.807) is 31.2 Å². The molecule has 0 amide bonds. The molecule has 0 heterocycles. The van der Waals surface area contributed by atoms with E-state index in [1.807, 2.05) is 0 Å². The fraction of sp³-hybridized carbons (Fsp3) is 0.467. The number of rotatable bonds is 6. The van der Waals surface area contributed by atoms with Crippen molar-refractivity contribution in [3.05, 3.63) is 35.4 Å². The number of carbonyl (C=O) groups excluding carboxylic acids is 2. The Hall–Kier alpha value is -1.69. The van der Waals surface area contributed by atoms with E-state index in [2.05, 4.69) is 4.74 Å². The average molecular weight is 310 g/mol. The molecule has 0 bridgehead atoms. The van der Waals surface area contributed by atoms with Gasteiger partial charge in [0.15, 0.2) is 0 Å². The first-order valence-corrected chi connectivity index (χ1v) is 8.83. The number of ketones is 1. The third-order valence-electron chi connectivity index (χ3n) is 3.61. The first-order valence-electron chi connectivity index (χ1n) is 6.77. The summed E-state index contributed by atoms with van der Waals surface area (Å²) in [6.45, 7) is 1.79. The molecule has 21 heavy (non-hydrogen) atoms. The second kappa shape index (κ2) is 5.60. The molecular weight excluding hydrogens is 292 g/mol. The summed E-state index contributed by atoms with van der Waals surface area (Å²) >= 11 is 0. The van der Waals surface area contributed by atoms with Gasteiger partial charge in [-0.1, -0.05) is 24.3 Å². The van der Waals surface area contributed by atoms with E-state index in [9.17, 15) is 18.0 Å². The van der Waals surface area contributed by atoms with Crippen LogP contribution in [0.3, 0.4) is 0 Å². The van der Waals surface area contributed by atoms with Gasteiger partial charge in [-0.25, -0.2) is 13.2 Å². The second-order valence-electron chi connectivity index (χ2n) is 5.48. The molecule has 0 N–H and O–H groups in total. The molecule has 1 aromatic carbocycles. The Balaban J connectivity index is 2.16. The van der Waals surface area contributed by atoms with Crippen LogP contribution >= 0.6 is 0 Å². The maximum atomic E-state index is 11.8. The topological polar surface area (TPSA) is 77.5 Å². The van der Waals surface area contributed by atoms with Crippen molar-refractivity contribution in [3.63, 3.8) is 0 Å². The lowest BCUT2D eigenvalue weighted by Gasteiger charge is -2.14. The van der Waals surface area contributed by atoms with Crippen LogP contribution in [0.1, 0.15) is 35.7 Å². The number of benzene rings is 1. The summed E-state index contributed by atoms with van der Waals surface area (Å²) in [7, 11) is -3.06. The van der Waals surface area contributed by atoms with Gasteiger partial charge < -0.3 is 4.74 Å². The summed E-state index contributed by atoms with van der Waals surface area (Å²) in [6, 6.07) is 6.56. The summed E-state index contributed by atoms with van der Waals surface area (Å²) in [5, 5.41) is 0. The second-order valence-corrected chi connectivity index (χ2v) is 7.62. The highest BCUT2D eigenvalue weighted by atomic mass is 32.2. The van der Waals surface area contributed by atoms with Crippen molar-refractivity contribution in [2.75, 3.05) is 18.6 Å². The first-order chi connectivity index (χ1) is 9.77. The SMILES string of the molecule is CCOC(=O)C(=O)c1ccc(C2(CS(C)(=O)=O)CC2)cc1. The number of hydrogen-bond donors (Lipinski definition) is 0. The van der Waals surface area contributed by atoms with E-state index >= 15 is 0 Å². The van der Waals surface area contributed by atoms with Gasteiger partial charge in [-0.15, -0.1) is 0 Å². The van der Waals surface area contributed by atoms with Crippen LogP contribution in [0.5, 0.6) is 0 Å².